The number of aliphatic hydroxyl groups excluding tert-OH is 1. The Morgan fingerprint density at radius 2 is 1.88 bits per heavy atom. The summed E-state index contributed by atoms with van der Waals surface area (Å²) in [6, 6.07) is 8.56. The fourth-order valence-corrected chi connectivity index (χ4v) is 2.30. The van der Waals surface area contributed by atoms with E-state index in [9.17, 15) is 9.50 Å². The molecule has 1 aromatic heterocycles. The van der Waals surface area contributed by atoms with Gasteiger partial charge in [0.15, 0.2) is 0 Å². The summed E-state index contributed by atoms with van der Waals surface area (Å²) in [4.78, 5) is 0. The topological polar surface area (TPSA) is 46.2 Å². The Hall–Kier alpha value is -1.23. The Balaban J connectivity index is 2.18. The molecule has 0 aliphatic rings. The van der Waals surface area contributed by atoms with Gasteiger partial charge < -0.3 is 10.8 Å². The van der Waals surface area contributed by atoms with E-state index in [0.717, 1.165) is 11.1 Å². The Labute approximate surface area is 104 Å². The molecule has 0 radical (unpaired) electrons. The molecule has 0 bridgehead atoms. The summed E-state index contributed by atoms with van der Waals surface area (Å²) in [5, 5.41) is 13.8. The number of hydrogen-bond acceptors (Lipinski definition) is 3. The van der Waals surface area contributed by atoms with Crippen LogP contribution in [0.2, 0.25) is 0 Å². The van der Waals surface area contributed by atoms with Gasteiger partial charge in [0.05, 0.1) is 12.1 Å². The summed E-state index contributed by atoms with van der Waals surface area (Å²) in [5.41, 5.74) is 8.33. The molecule has 2 nitrogen and oxygen atoms in total. The molecule has 17 heavy (non-hydrogen) atoms. The molecule has 3 N–H and O–H groups in total. The number of hydrogen-bond donors (Lipinski definition) is 2. The van der Waals surface area contributed by atoms with Gasteiger partial charge >= 0.3 is 0 Å². The second-order valence-corrected chi connectivity index (χ2v) is 4.68. The molecule has 0 aliphatic heterocycles. The quantitative estimate of drug-likeness (QED) is 0.877. The van der Waals surface area contributed by atoms with Crippen LogP contribution in [-0.2, 0) is 0 Å². The Kier molecular flexibility index (Phi) is 3.89. The van der Waals surface area contributed by atoms with E-state index in [0.29, 0.717) is 5.56 Å². The van der Waals surface area contributed by atoms with Crippen LogP contribution in [0.5, 0.6) is 0 Å². The van der Waals surface area contributed by atoms with Gasteiger partial charge in [-0.25, -0.2) is 4.39 Å². The molecule has 0 unspecified atom stereocenters. The lowest BCUT2D eigenvalue weighted by molar-refractivity contribution is 0.132. The van der Waals surface area contributed by atoms with Gasteiger partial charge in [0.25, 0.3) is 0 Å². The second kappa shape index (κ2) is 5.40. The van der Waals surface area contributed by atoms with Crippen LogP contribution in [0.4, 0.5) is 4.39 Å². The van der Waals surface area contributed by atoms with Crippen LogP contribution < -0.4 is 5.73 Å². The Bertz CT molecular complexity index is 455. The van der Waals surface area contributed by atoms with Gasteiger partial charge in [-0.2, -0.15) is 11.3 Å². The SMILES string of the molecule is N[C@H](CF)[C@H](O)c1ccc(-c2ccsc2)cc1. The third-order valence-corrected chi connectivity index (χ3v) is 3.37. The van der Waals surface area contributed by atoms with Gasteiger partial charge in [0.1, 0.15) is 6.67 Å². The highest BCUT2D eigenvalue weighted by Gasteiger charge is 2.16. The minimum Gasteiger partial charge on any atom is -0.387 e. The molecule has 90 valence electrons. The van der Waals surface area contributed by atoms with Gasteiger partial charge in [-0.05, 0) is 33.5 Å². The minimum absolute atomic E-state index is 0.647. The number of rotatable bonds is 4. The van der Waals surface area contributed by atoms with Gasteiger partial charge in [-0.3, -0.25) is 0 Å². The number of benzene rings is 1. The van der Waals surface area contributed by atoms with Gasteiger partial charge in [-0.1, -0.05) is 24.3 Å². The molecular formula is C13H14FNOS. The van der Waals surface area contributed by atoms with Crippen LogP contribution in [0.15, 0.2) is 41.1 Å². The average molecular weight is 251 g/mol. The zero-order chi connectivity index (χ0) is 12.3. The van der Waals surface area contributed by atoms with E-state index in [2.05, 4.69) is 5.38 Å². The Morgan fingerprint density at radius 3 is 2.41 bits per heavy atom. The second-order valence-electron chi connectivity index (χ2n) is 3.90. The van der Waals surface area contributed by atoms with Crippen molar-refractivity contribution in [2.45, 2.75) is 12.1 Å². The summed E-state index contributed by atoms with van der Waals surface area (Å²) >= 11 is 1.63. The molecule has 4 heteroatoms. The monoisotopic (exact) mass is 251 g/mol. The van der Waals surface area contributed by atoms with Crippen LogP contribution in [-0.4, -0.2) is 17.8 Å². The number of halogens is 1. The van der Waals surface area contributed by atoms with Gasteiger partial charge in [0, 0.05) is 0 Å². The fourth-order valence-electron chi connectivity index (χ4n) is 1.63. The van der Waals surface area contributed by atoms with Crippen molar-refractivity contribution in [2.24, 2.45) is 5.73 Å². The molecule has 0 spiro atoms. The smallest absolute Gasteiger partial charge is 0.107 e. The highest BCUT2D eigenvalue weighted by molar-refractivity contribution is 7.08. The zero-order valence-electron chi connectivity index (χ0n) is 9.21. The lowest BCUT2D eigenvalue weighted by Gasteiger charge is -2.16. The van der Waals surface area contributed by atoms with E-state index in [1.807, 2.05) is 23.6 Å². The van der Waals surface area contributed by atoms with Crippen LogP contribution >= 0.6 is 11.3 Å². The number of thiophene rings is 1. The van der Waals surface area contributed by atoms with E-state index in [-0.39, 0.29) is 0 Å². The van der Waals surface area contributed by atoms with Crippen molar-refractivity contribution >= 4 is 11.3 Å². The van der Waals surface area contributed by atoms with Crippen molar-refractivity contribution in [3.63, 3.8) is 0 Å². The number of aliphatic hydroxyl groups is 1. The molecule has 1 heterocycles. The van der Waals surface area contributed by atoms with Gasteiger partial charge in [-0.15, -0.1) is 0 Å². The summed E-state index contributed by atoms with van der Waals surface area (Å²) in [6.45, 7) is -0.729. The Morgan fingerprint density at radius 1 is 1.18 bits per heavy atom. The zero-order valence-corrected chi connectivity index (χ0v) is 10.0. The maximum atomic E-state index is 12.3. The third-order valence-electron chi connectivity index (χ3n) is 2.69. The predicted molar refractivity (Wildman–Crippen MR) is 68.7 cm³/mol. The molecule has 2 atom stereocenters. The largest absolute Gasteiger partial charge is 0.387 e. The number of nitrogens with two attached hydrogens (primary N) is 1. The van der Waals surface area contributed by atoms with Crippen molar-refractivity contribution in [1.82, 2.24) is 0 Å². The van der Waals surface area contributed by atoms with Crippen molar-refractivity contribution in [1.29, 1.82) is 0 Å². The molecule has 0 fully saturated rings. The highest BCUT2D eigenvalue weighted by Crippen LogP contribution is 2.24. The molecule has 2 rings (SSSR count). The maximum Gasteiger partial charge on any atom is 0.107 e. The highest BCUT2D eigenvalue weighted by atomic mass is 32.1. The first kappa shape index (κ1) is 12.2. The lowest BCUT2D eigenvalue weighted by Crippen LogP contribution is -2.30. The molecule has 0 amide bonds. The molecule has 0 saturated carbocycles. The normalized spacial score (nSPS) is 14.5. The van der Waals surface area contributed by atoms with Crippen molar-refractivity contribution < 1.29 is 9.50 Å². The van der Waals surface area contributed by atoms with Crippen molar-refractivity contribution in [2.75, 3.05) is 6.67 Å². The molecule has 0 saturated heterocycles. The summed E-state index contributed by atoms with van der Waals surface area (Å²) in [5.74, 6) is 0. The predicted octanol–water partition coefficient (Wildman–Crippen LogP) is 2.75. The first-order valence-corrected chi connectivity index (χ1v) is 6.29. The van der Waals surface area contributed by atoms with Crippen LogP contribution in [0, 0.1) is 0 Å². The van der Waals surface area contributed by atoms with Crippen molar-refractivity contribution in [3.8, 4) is 11.1 Å². The fraction of sp³-hybridized carbons (Fsp3) is 0.231. The first-order chi connectivity index (χ1) is 8.22. The molecule has 2 aromatic rings. The average Bonchev–Trinajstić information content (AvgIpc) is 2.91. The van der Waals surface area contributed by atoms with E-state index in [4.69, 9.17) is 5.73 Å². The first-order valence-electron chi connectivity index (χ1n) is 5.34. The van der Waals surface area contributed by atoms with Gasteiger partial charge in [0.2, 0.25) is 0 Å². The number of alkyl halides is 1. The summed E-state index contributed by atoms with van der Waals surface area (Å²) in [6.07, 6.45) is -0.948. The van der Waals surface area contributed by atoms with E-state index < -0.39 is 18.8 Å². The van der Waals surface area contributed by atoms with E-state index in [1.165, 1.54) is 0 Å². The molecule has 0 aliphatic carbocycles. The molecular weight excluding hydrogens is 237 g/mol. The van der Waals surface area contributed by atoms with E-state index >= 15 is 0 Å². The summed E-state index contributed by atoms with van der Waals surface area (Å²) < 4.78 is 12.3. The standard InChI is InChI=1S/C13H14FNOS/c14-7-12(15)13(16)10-3-1-9(2-4-10)11-5-6-17-8-11/h1-6,8,12-13,16H,7,15H2/t12-,13-/m1/s1. The maximum absolute atomic E-state index is 12.3. The minimum atomic E-state index is -0.948. The lowest BCUT2D eigenvalue weighted by atomic mass is 10.0. The van der Waals surface area contributed by atoms with Crippen LogP contribution in [0.25, 0.3) is 11.1 Å². The molecule has 1 aromatic carbocycles. The van der Waals surface area contributed by atoms with Crippen molar-refractivity contribution in [3.05, 3.63) is 46.7 Å². The third kappa shape index (κ3) is 2.72. The summed E-state index contributed by atoms with van der Waals surface area (Å²) in [7, 11) is 0. The van der Waals surface area contributed by atoms with Crippen LogP contribution in [0.1, 0.15) is 11.7 Å². The van der Waals surface area contributed by atoms with Crippen LogP contribution in [0.3, 0.4) is 0 Å². The van der Waals surface area contributed by atoms with E-state index in [1.54, 1.807) is 23.5 Å².